The summed E-state index contributed by atoms with van der Waals surface area (Å²) in [5.41, 5.74) is 2.47. The zero-order valence-electron chi connectivity index (χ0n) is 12.2. The van der Waals surface area contributed by atoms with E-state index >= 15 is 0 Å². The van der Waals surface area contributed by atoms with Crippen LogP contribution in [0.5, 0.6) is 5.75 Å². The summed E-state index contributed by atoms with van der Waals surface area (Å²) in [6, 6.07) is 7.11. The standard InChI is InChI=1S/C16H18N2O3/c1-10-7-8-13-12(9-10)16(21-18-13)17-15(19)11-5-3-4-6-14(11)20-2/h3-6,10H,7-9H2,1-2H3,(H,17,19)/t10-/m0/s1. The number of aryl methyl sites for hydroxylation is 1. The lowest BCUT2D eigenvalue weighted by Crippen LogP contribution is -2.16. The molecule has 1 aromatic carbocycles. The van der Waals surface area contributed by atoms with Gasteiger partial charge in [0.05, 0.1) is 18.4 Å². The lowest BCUT2D eigenvalue weighted by atomic mass is 9.89. The molecule has 110 valence electrons. The van der Waals surface area contributed by atoms with Gasteiger partial charge in [-0.05, 0) is 37.3 Å². The first-order valence-corrected chi connectivity index (χ1v) is 7.11. The zero-order chi connectivity index (χ0) is 14.8. The lowest BCUT2D eigenvalue weighted by molar-refractivity contribution is 0.102. The van der Waals surface area contributed by atoms with Gasteiger partial charge in [-0.3, -0.25) is 10.1 Å². The second kappa shape index (κ2) is 5.60. The van der Waals surface area contributed by atoms with Crippen molar-refractivity contribution in [2.45, 2.75) is 26.2 Å². The van der Waals surface area contributed by atoms with Gasteiger partial charge in [0.1, 0.15) is 5.75 Å². The van der Waals surface area contributed by atoms with Crippen LogP contribution in [0, 0.1) is 5.92 Å². The van der Waals surface area contributed by atoms with E-state index in [1.807, 2.05) is 6.07 Å². The van der Waals surface area contributed by atoms with Crippen LogP contribution in [0.1, 0.15) is 35.0 Å². The monoisotopic (exact) mass is 286 g/mol. The fourth-order valence-corrected chi connectivity index (χ4v) is 2.68. The molecule has 1 aromatic heterocycles. The van der Waals surface area contributed by atoms with Crippen LogP contribution in [-0.2, 0) is 12.8 Å². The highest BCUT2D eigenvalue weighted by Gasteiger charge is 2.25. The summed E-state index contributed by atoms with van der Waals surface area (Å²) in [5, 5.41) is 6.87. The number of ether oxygens (including phenoxy) is 1. The SMILES string of the molecule is COc1ccccc1C(=O)Nc1onc2c1C[C@@H](C)CC2. The maximum Gasteiger partial charge on any atom is 0.261 e. The Morgan fingerprint density at radius 1 is 1.43 bits per heavy atom. The van der Waals surface area contributed by atoms with Crippen molar-refractivity contribution < 1.29 is 14.1 Å². The molecule has 0 aliphatic heterocycles. The topological polar surface area (TPSA) is 64.4 Å². The molecule has 5 nitrogen and oxygen atoms in total. The first kappa shape index (κ1) is 13.7. The predicted octanol–water partition coefficient (Wildman–Crippen LogP) is 3.06. The number of hydrogen-bond acceptors (Lipinski definition) is 4. The minimum absolute atomic E-state index is 0.246. The summed E-state index contributed by atoms with van der Waals surface area (Å²) in [4.78, 5) is 12.4. The van der Waals surface area contributed by atoms with E-state index in [1.165, 1.54) is 0 Å². The van der Waals surface area contributed by atoms with Gasteiger partial charge >= 0.3 is 0 Å². The van der Waals surface area contributed by atoms with E-state index in [4.69, 9.17) is 9.26 Å². The highest BCUT2D eigenvalue weighted by atomic mass is 16.5. The average molecular weight is 286 g/mol. The molecule has 3 rings (SSSR count). The molecule has 1 amide bonds. The van der Waals surface area contributed by atoms with Crippen molar-refractivity contribution in [2.75, 3.05) is 12.4 Å². The third-order valence-electron chi connectivity index (χ3n) is 3.87. The molecule has 1 aliphatic carbocycles. The molecule has 0 saturated heterocycles. The van der Waals surface area contributed by atoms with E-state index in [1.54, 1.807) is 25.3 Å². The van der Waals surface area contributed by atoms with Crippen molar-refractivity contribution in [3.63, 3.8) is 0 Å². The van der Waals surface area contributed by atoms with Crippen molar-refractivity contribution in [3.05, 3.63) is 41.1 Å². The zero-order valence-corrected chi connectivity index (χ0v) is 12.2. The van der Waals surface area contributed by atoms with Gasteiger partial charge < -0.3 is 9.26 Å². The molecule has 1 heterocycles. The molecule has 0 fully saturated rings. The summed E-state index contributed by atoms with van der Waals surface area (Å²) < 4.78 is 10.5. The molecule has 2 aromatic rings. The van der Waals surface area contributed by atoms with E-state index in [2.05, 4.69) is 17.4 Å². The number of hydrogen-bond donors (Lipinski definition) is 1. The first-order valence-electron chi connectivity index (χ1n) is 7.11. The number of para-hydroxylation sites is 1. The smallest absolute Gasteiger partial charge is 0.261 e. The molecule has 21 heavy (non-hydrogen) atoms. The fourth-order valence-electron chi connectivity index (χ4n) is 2.68. The third kappa shape index (κ3) is 2.63. The molecule has 1 aliphatic rings. The number of carbonyl (C=O) groups excluding carboxylic acids is 1. The summed E-state index contributed by atoms with van der Waals surface area (Å²) >= 11 is 0. The number of nitrogens with zero attached hydrogens (tertiary/aromatic N) is 1. The Morgan fingerprint density at radius 2 is 2.24 bits per heavy atom. The van der Waals surface area contributed by atoms with Gasteiger partial charge in [0.2, 0.25) is 5.88 Å². The Kier molecular flexibility index (Phi) is 3.64. The van der Waals surface area contributed by atoms with E-state index in [9.17, 15) is 4.79 Å². The number of aromatic nitrogens is 1. The van der Waals surface area contributed by atoms with Crippen molar-refractivity contribution in [3.8, 4) is 5.75 Å². The summed E-state index contributed by atoms with van der Waals surface area (Å²) in [7, 11) is 1.55. The summed E-state index contributed by atoms with van der Waals surface area (Å²) in [5.74, 6) is 1.34. The minimum Gasteiger partial charge on any atom is -0.496 e. The van der Waals surface area contributed by atoms with Crippen LogP contribution in [0.4, 0.5) is 5.88 Å². The Labute approximate surface area is 123 Å². The van der Waals surface area contributed by atoms with Gasteiger partial charge in [-0.15, -0.1) is 0 Å². The number of benzene rings is 1. The minimum atomic E-state index is -0.246. The molecule has 1 N–H and O–H groups in total. The number of fused-ring (bicyclic) bond motifs is 1. The molecule has 0 radical (unpaired) electrons. The van der Waals surface area contributed by atoms with Crippen LogP contribution in [0.2, 0.25) is 0 Å². The van der Waals surface area contributed by atoms with Crippen molar-refractivity contribution >= 4 is 11.8 Å². The molecular formula is C16H18N2O3. The Hall–Kier alpha value is -2.30. The maximum absolute atomic E-state index is 12.4. The molecule has 0 spiro atoms. The van der Waals surface area contributed by atoms with Crippen molar-refractivity contribution in [1.82, 2.24) is 5.16 Å². The van der Waals surface area contributed by atoms with E-state index in [-0.39, 0.29) is 5.91 Å². The Morgan fingerprint density at radius 3 is 3.05 bits per heavy atom. The van der Waals surface area contributed by atoms with Crippen LogP contribution in [0.25, 0.3) is 0 Å². The molecule has 0 saturated carbocycles. The van der Waals surface area contributed by atoms with Crippen LogP contribution >= 0.6 is 0 Å². The predicted molar refractivity (Wildman–Crippen MR) is 78.6 cm³/mol. The van der Waals surface area contributed by atoms with Gasteiger partial charge in [-0.1, -0.05) is 24.2 Å². The molecular weight excluding hydrogens is 268 g/mol. The van der Waals surface area contributed by atoms with Crippen LogP contribution in [0.15, 0.2) is 28.8 Å². The Bertz CT molecular complexity index is 663. The lowest BCUT2D eigenvalue weighted by Gasteiger charge is -2.16. The normalized spacial score (nSPS) is 17.1. The van der Waals surface area contributed by atoms with Gasteiger partial charge in [-0.2, -0.15) is 0 Å². The quantitative estimate of drug-likeness (QED) is 0.941. The fraction of sp³-hybridized carbons (Fsp3) is 0.375. The molecule has 5 heteroatoms. The van der Waals surface area contributed by atoms with Gasteiger partial charge in [0, 0.05) is 5.56 Å². The molecule has 0 unspecified atom stereocenters. The van der Waals surface area contributed by atoms with Gasteiger partial charge in [-0.25, -0.2) is 0 Å². The van der Waals surface area contributed by atoms with Crippen molar-refractivity contribution in [1.29, 1.82) is 0 Å². The van der Waals surface area contributed by atoms with Crippen LogP contribution in [0.3, 0.4) is 0 Å². The molecule has 1 atom stereocenters. The van der Waals surface area contributed by atoms with Crippen LogP contribution < -0.4 is 10.1 Å². The second-order valence-electron chi connectivity index (χ2n) is 5.44. The third-order valence-corrected chi connectivity index (χ3v) is 3.87. The maximum atomic E-state index is 12.4. The first-order chi connectivity index (χ1) is 10.2. The number of rotatable bonds is 3. The summed E-state index contributed by atoms with van der Waals surface area (Å²) in [6.45, 7) is 2.20. The number of carbonyl (C=O) groups is 1. The van der Waals surface area contributed by atoms with Gasteiger partial charge in [0.25, 0.3) is 5.91 Å². The van der Waals surface area contributed by atoms with E-state index in [0.717, 1.165) is 30.5 Å². The number of methoxy groups -OCH3 is 1. The largest absolute Gasteiger partial charge is 0.496 e. The highest BCUT2D eigenvalue weighted by molar-refractivity contribution is 6.05. The number of anilines is 1. The van der Waals surface area contributed by atoms with E-state index in [0.29, 0.717) is 23.1 Å². The number of amides is 1. The van der Waals surface area contributed by atoms with Gasteiger partial charge in [0.15, 0.2) is 0 Å². The highest BCUT2D eigenvalue weighted by Crippen LogP contribution is 2.31. The number of nitrogens with one attached hydrogen (secondary N) is 1. The van der Waals surface area contributed by atoms with Crippen LogP contribution in [-0.4, -0.2) is 18.2 Å². The Balaban J connectivity index is 1.84. The average Bonchev–Trinajstić information content (AvgIpc) is 2.89. The molecule has 0 bridgehead atoms. The van der Waals surface area contributed by atoms with E-state index < -0.39 is 0 Å². The summed E-state index contributed by atoms with van der Waals surface area (Å²) in [6.07, 6.45) is 2.91. The van der Waals surface area contributed by atoms with Crippen molar-refractivity contribution in [2.24, 2.45) is 5.92 Å². The second-order valence-corrected chi connectivity index (χ2v) is 5.44.